The van der Waals surface area contributed by atoms with Gasteiger partial charge in [-0.1, -0.05) is 0 Å². The lowest BCUT2D eigenvalue weighted by Gasteiger charge is -2.31. The summed E-state index contributed by atoms with van der Waals surface area (Å²) in [5.74, 6) is 4.64. The van der Waals surface area contributed by atoms with Crippen molar-refractivity contribution in [3.8, 4) is 0 Å². The maximum Gasteiger partial charge on any atom is 0.259 e. The van der Waals surface area contributed by atoms with Crippen molar-refractivity contribution in [2.45, 2.75) is 45.0 Å². The number of hydrogen-bond acceptors (Lipinski definition) is 4. The van der Waals surface area contributed by atoms with Gasteiger partial charge in [0.2, 0.25) is 0 Å². The lowest BCUT2D eigenvalue weighted by atomic mass is 10.0. The van der Waals surface area contributed by atoms with E-state index in [0.717, 1.165) is 12.8 Å². The van der Waals surface area contributed by atoms with E-state index in [9.17, 15) is 4.79 Å². The average molecular weight is 202 g/mol. The van der Waals surface area contributed by atoms with Crippen LogP contribution in [0.4, 0.5) is 0 Å². The smallest absolute Gasteiger partial charge is 0.259 e. The summed E-state index contributed by atoms with van der Waals surface area (Å²) in [7, 11) is 0. The van der Waals surface area contributed by atoms with Crippen LogP contribution in [-0.4, -0.2) is 30.8 Å². The minimum Gasteiger partial charge on any atom is -0.375 e. The molecule has 1 fully saturated rings. The van der Waals surface area contributed by atoms with Gasteiger partial charge in [0.15, 0.2) is 0 Å². The molecule has 0 aromatic rings. The van der Waals surface area contributed by atoms with Gasteiger partial charge in [-0.3, -0.25) is 10.2 Å². The third-order valence-corrected chi connectivity index (χ3v) is 2.27. The molecule has 1 rings (SSSR count). The third-order valence-electron chi connectivity index (χ3n) is 2.27. The lowest BCUT2D eigenvalue weighted by Crippen LogP contribution is -2.38. The summed E-state index contributed by atoms with van der Waals surface area (Å²) in [4.78, 5) is 10.8. The molecule has 2 unspecified atom stereocenters. The van der Waals surface area contributed by atoms with Crippen molar-refractivity contribution < 1.29 is 14.3 Å². The van der Waals surface area contributed by atoms with Crippen molar-refractivity contribution in [2.75, 3.05) is 6.61 Å². The Balaban J connectivity index is 2.26. The van der Waals surface area contributed by atoms with Gasteiger partial charge in [-0.2, -0.15) is 0 Å². The lowest BCUT2D eigenvalue weighted by molar-refractivity contribution is -0.135. The standard InChI is InChI=1S/C9H18N2O3/c1-6-3-8(4-7(2)14-6)13-5-9(12)11-10/h6-8H,3-5,10H2,1-2H3,(H,11,12). The van der Waals surface area contributed by atoms with E-state index < -0.39 is 0 Å². The zero-order valence-electron chi connectivity index (χ0n) is 8.66. The van der Waals surface area contributed by atoms with Crippen LogP contribution in [0.15, 0.2) is 0 Å². The van der Waals surface area contributed by atoms with Crippen LogP contribution in [0.1, 0.15) is 26.7 Å². The first-order chi connectivity index (χ1) is 6.61. The Morgan fingerprint density at radius 3 is 2.57 bits per heavy atom. The van der Waals surface area contributed by atoms with Crippen molar-refractivity contribution in [2.24, 2.45) is 5.84 Å². The Kier molecular flexibility index (Phi) is 4.31. The van der Waals surface area contributed by atoms with Crippen molar-refractivity contribution in [3.05, 3.63) is 0 Å². The normalized spacial score (nSPS) is 32.6. The largest absolute Gasteiger partial charge is 0.375 e. The molecule has 2 atom stereocenters. The van der Waals surface area contributed by atoms with Gasteiger partial charge in [0.25, 0.3) is 5.91 Å². The van der Waals surface area contributed by atoms with E-state index in [2.05, 4.69) is 0 Å². The number of amides is 1. The van der Waals surface area contributed by atoms with Crippen molar-refractivity contribution in [3.63, 3.8) is 0 Å². The van der Waals surface area contributed by atoms with Crippen LogP contribution in [0.2, 0.25) is 0 Å². The molecule has 14 heavy (non-hydrogen) atoms. The van der Waals surface area contributed by atoms with Crippen LogP contribution in [0.5, 0.6) is 0 Å². The molecule has 0 saturated carbocycles. The Hall–Kier alpha value is -0.650. The molecule has 5 heteroatoms. The summed E-state index contributed by atoms with van der Waals surface area (Å²) in [6.45, 7) is 4.05. The summed E-state index contributed by atoms with van der Waals surface area (Å²) < 4.78 is 10.9. The monoisotopic (exact) mass is 202 g/mol. The fourth-order valence-corrected chi connectivity index (χ4v) is 1.72. The van der Waals surface area contributed by atoms with E-state index in [4.69, 9.17) is 15.3 Å². The minimum atomic E-state index is -0.295. The van der Waals surface area contributed by atoms with Gasteiger partial charge in [0.1, 0.15) is 6.61 Å². The van der Waals surface area contributed by atoms with Gasteiger partial charge < -0.3 is 9.47 Å². The second-order valence-electron chi connectivity index (χ2n) is 3.73. The number of nitrogens with one attached hydrogen (secondary N) is 1. The first-order valence-electron chi connectivity index (χ1n) is 4.88. The number of hydrazine groups is 1. The zero-order valence-corrected chi connectivity index (χ0v) is 8.66. The van der Waals surface area contributed by atoms with E-state index in [0.29, 0.717) is 0 Å². The maximum atomic E-state index is 10.8. The summed E-state index contributed by atoms with van der Waals surface area (Å²) in [5, 5.41) is 0. The number of rotatable bonds is 3. The summed E-state index contributed by atoms with van der Waals surface area (Å²) in [6.07, 6.45) is 2.17. The first-order valence-corrected chi connectivity index (χ1v) is 4.88. The summed E-state index contributed by atoms with van der Waals surface area (Å²) in [6, 6.07) is 0. The molecule has 0 aliphatic carbocycles. The van der Waals surface area contributed by atoms with Gasteiger partial charge in [-0.15, -0.1) is 0 Å². The second kappa shape index (κ2) is 5.29. The predicted molar refractivity (Wildman–Crippen MR) is 51.3 cm³/mol. The molecule has 0 bridgehead atoms. The van der Waals surface area contributed by atoms with Crippen molar-refractivity contribution >= 4 is 5.91 Å². The highest BCUT2D eigenvalue weighted by Gasteiger charge is 2.25. The molecule has 1 aliphatic heterocycles. The third kappa shape index (κ3) is 3.61. The molecule has 0 spiro atoms. The quantitative estimate of drug-likeness (QED) is 0.382. The molecule has 3 N–H and O–H groups in total. The van der Waals surface area contributed by atoms with Crippen LogP contribution >= 0.6 is 0 Å². The van der Waals surface area contributed by atoms with Gasteiger partial charge in [0.05, 0.1) is 18.3 Å². The molecule has 5 nitrogen and oxygen atoms in total. The zero-order chi connectivity index (χ0) is 10.6. The van der Waals surface area contributed by atoms with Crippen molar-refractivity contribution in [1.29, 1.82) is 0 Å². The van der Waals surface area contributed by atoms with E-state index in [-0.39, 0.29) is 30.8 Å². The van der Waals surface area contributed by atoms with Crippen LogP contribution in [0.3, 0.4) is 0 Å². The SMILES string of the molecule is CC1CC(OCC(=O)NN)CC(C)O1. The van der Waals surface area contributed by atoms with Crippen LogP contribution in [-0.2, 0) is 14.3 Å². The number of carbonyl (C=O) groups excluding carboxylic acids is 1. The fourth-order valence-electron chi connectivity index (χ4n) is 1.72. The number of carbonyl (C=O) groups is 1. The van der Waals surface area contributed by atoms with E-state index in [1.54, 1.807) is 0 Å². The molecule has 82 valence electrons. The van der Waals surface area contributed by atoms with Crippen LogP contribution in [0.25, 0.3) is 0 Å². The molecule has 1 amide bonds. The molecular weight excluding hydrogens is 184 g/mol. The summed E-state index contributed by atoms with van der Waals surface area (Å²) in [5.41, 5.74) is 2.03. The maximum absolute atomic E-state index is 10.8. The molecule has 1 aliphatic rings. The Bertz CT molecular complexity index is 188. The van der Waals surface area contributed by atoms with Crippen molar-refractivity contribution in [1.82, 2.24) is 5.43 Å². The molecule has 1 saturated heterocycles. The number of ether oxygens (including phenoxy) is 2. The molecule has 0 aromatic carbocycles. The molecule has 1 heterocycles. The first kappa shape index (κ1) is 11.4. The van der Waals surface area contributed by atoms with E-state index in [1.807, 2.05) is 19.3 Å². The van der Waals surface area contributed by atoms with Gasteiger partial charge in [0, 0.05) is 0 Å². The van der Waals surface area contributed by atoms with E-state index in [1.165, 1.54) is 0 Å². The predicted octanol–water partition coefficient (Wildman–Crippen LogP) is -0.0511. The highest BCUT2D eigenvalue weighted by Crippen LogP contribution is 2.21. The molecule has 0 radical (unpaired) electrons. The average Bonchev–Trinajstić information content (AvgIpc) is 2.12. The van der Waals surface area contributed by atoms with Gasteiger partial charge in [-0.25, -0.2) is 5.84 Å². The van der Waals surface area contributed by atoms with Gasteiger partial charge >= 0.3 is 0 Å². The van der Waals surface area contributed by atoms with Crippen LogP contribution < -0.4 is 11.3 Å². The summed E-state index contributed by atoms with van der Waals surface area (Å²) >= 11 is 0. The second-order valence-corrected chi connectivity index (χ2v) is 3.73. The molecule has 0 aromatic heterocycles. The highest BCUT2D eigenvalue weighted by atomic mass is 16.5. The fraction of sp³-hybridized carbons (Fsp3) is 0.889. The Labute approximate surface area is 83.9 Å². The van der Waals surface area contributed by atoms with Gasteiger partial charge in [-0.05, 0) is 26.7 Å². The Morgan fingerprint density at radius 1 is 1.50 bits per heavy atom. The number of nitrogens with two attached hydrogens (primary N) is 1. The van der Waals surface area contributed by atoms with E-state index >= 15 is 0 Å². The Morgan fingerprint density at radius 2 is 2.07 bits per heavy atom. The topological polar surface area (TPSA) is 73.6 Å². The number of hydrogen-bond donors (Lipinski definition) is 2. The highest BCUT2D eigenvalue weighted by molar-refractivity contribution is 5.76. The van der Waals surface area contributed by atoms with Crippen LogP contribution in [0, 0.1) is 0 Å². The molecular formula is C9H18N2O3. The minimum absolute atomic E-state index is 0.0284.